The van der Waals surface area contributed by atoms with Crippen LogP contribution < -0.4 is 10.1 Å². The van der Waals surface area contributed by atoms with Crippen LogP contribution in [0.1, 0.15) is 19.8 Å². The number of rotatable bonds is 9. The standard InChI is InChI=1S/C22H26N2O2/c1-2-3-13-23-15-18(25)16-26-22-14-21(17-9-5-4-6-10-17)24-20-12-8-7-11-19(20)22/h4-12,14,18,23,25H,2-3,13,15-16H2,1H3/t18-/m0/s1. The molecule has 1 heterocycles. The molecule has 4 heteroatoms. The molecule has 2 N–H and O–H groups in total. The molecule has 26 heavy (non-hydrogen) atoms. The molecular weight excluding hydrogens is 324 g/mol. The topological polar surface area (TPSA) is 54.4 Å². The number of unbranched alkanes of at least 4 members (excludes halogenated alkanes) is 1. The average Bonchev–Trinajstić information content (AvgIpc) is 2.70. The second-order valence-electron chi connectivity index (χ2n) is 6.41. The first-order valence-corrected chi connectivity index (χ1v) is 9.24. The Labute approximate surface area is 154 Å². The molecule has 0 radical (unpaired) electrons. The van der Waals surface area contributed by atoms with Crippen LogP contribution in [-0.2, 0) is 0 Å². The maximum atomic E-state index is 10.2. The van der Waals surface area contributed by atoms with Gasteiger partial charge in [-0.3, -0.25) is 0 Å². The smallest absolute Gasteiger partial charge is 0.131 e. The van der Waals surface area contributed by atoms with E-state index >= 15 is 0 Å². The fraction of sp³-hybridized carbons (Fsp3) is 0.318. The van der Waals surface area contributed by atoms with Gasteiger partial charge in [0.1, 0.15) is 18.5 Å². The van der Waals surface area contributed by atoms with Crippen LogP contribution in [0.3, 0.4) is 0 Å². The molecule has 0 bridgehead atoms. The second kappa shape index (κ2) is 9.32. The summed E-state index contributed by atoms with van der Waals surface area (Å²) in [7, 11) is 0. The van der Waals surface area contributed by atoms with Crippen LogP contribution in [0.15, 0.2) is 60.7 Å². The molecule has 0 fully saturated rings. The summed E-state index contributed by atoms with van der Waals surface area (Å²) in [4.78, 5) is 4.75. The summed E-state index contributed by atoms with van der Waals surface area (Å²) < 4.78 is 5.97. The van der Waals surface area contributed by atoms with Gasteiger partial charge in [0.05, 0.1) is 11.2 Å². The van der Waals surface area contributed by atoms with E-state index in [1.807, 2.05) is 60.7 Å². The van der Waals surface area contributed by atoms with Gasteiger partial charge in [0, 0.05) is 23.6 Å². The Hall–Kier alpha value is -2.43. The van der Waals surface area contributed by atoms with E-state index in [0.717, 1.165) is 47.3 Å². The Morgan fingerprint density at radius 3 is 2.65 bits per heavy atom. The van der Waals surface area contributed by atoms with Crippen LogP contribution in [0.2, 0.25) is 0 Å². The number of fused-ring (bicyclic) bond motifs is 1. The van der Waals surface area contributed by atoms with E-state index in [1.54, 1.807) is 0 Å². The predicted octanol–water partition coefficient (Wildman–Crippen LogP) is 4.03. The molecule has 4 nitrogen and oxygen atoms in total. The van der Waals surface area contributed by atoms with Crippen LogP contribution in [-0.4, -0.2) is 35.9 Å². The number of nitrogens with zero attached hydrogens (tertiary/aromatic N) is 1. The van der Waals surface area contributed by atoms with Crippen LogP contribution >= 0.6 is 0 Å². The largest absolute Gasteiger partial charge is 0.490 e. The van der Waals surface area contributed by atoms with Crippen LogP contribution in [0.4, 0.5) is 0 Å². The molecule has 2 aromatic carbocycles. The number of hydrogen-bond acceptors (Lipinski definition) is 4. The third-order valence-corrected chi connectivity index (χ3v) is 4.27. The average molecular weight is 350 g/mol. The zero-order valence-electron chi connectivity index (χ0n) is 15.2. The molecule has 0 aliphatic rings. The van der Waals surface area contributed by atoms with Crippen LogP contribution in [0, 0.1) is 0 Å². The van der Waals surface area contributed by atoms with Gasteiger partial charge in [0.2, 0.25) is 0 Å². The van der Waals surface area contributed by atoms with Gasteiger partial charge >= 0.3 is 0 Å². The van der Waals surface area contributed by atoms with Crippen molar-refractivity contribution in [3.8, 4) is 17.0 Å². The Kier molecular flexibility index (Phi) is 6.58. The molecule has 0 saturated heterocycles. The summed E-state index contributed by atoms with van der Waals surface area (Å²) in [6.07, 6.45) is 1.72. The highest BCUT2D eigenvalue weighted by molar-refractivity contribution is 5.87. The Morgan fingerprint density at radius 1 is 1.08 bits per heavy atom. The molecule has 3 rings (SSSR count). The first-order valence-electron chi connectivity index (χ1n) is 9.24. The summed E-state index contributed by atoms with van der Waals surface area (Å²) in [6, 6.07) is 19.9. The number of hydrogen-bond donors (Lipinski definition) is 2. The Bertz CT molecular complexity index is 821. The number of aromatic nitrogens is 1. The van der Waals surface area contributed by atoms with E-state index < -0.39 is 6.10 Å². The maximum Gasteiger partial charge on any atom is 0.131 e. The van der Waals surface area contributed by atoms with Crippen molar-refractivity contribution >= 4 is 10.9 Å². The third-order valence-electron chi connectivity index (χ3n) is 4.27. The summed E-state index contributed by atoms with van der Waals surface area (Å²) in [6.45, 7) is 3.86. The van der Waals surface area contributed by atoms with E-state index in [4.69, 9.17) is 9.72 Å². The molecule has 1 atom stereocenters. The van der Waals surface area contributed by atoms with Gasteiger partial charge in [-0.25, -0.2) is 4.98 Å². The first-order chi connectivity index (χ1) is 12.8. The number of para-hydroxylation sites is 1. The molecule has 1 aromatic heterocycles. The Morgan fingerprint density at radius 2 is 1.85 bits per heavy atom. The van der Waals surface area contributed by atoms with Gasteiger partial charge in [-0.2, -0.15) is 0 Å². The molecule has 0 unspecified atom stereocenters. The van der Waals surface area contributed by atoms with Gasteiger partial charge in [-0.05, 0) is 25.1 Å². The minimum Gasteiger partial charge on any atom is -0.490 e. The summed E-state index contributed by atoms with van der Waals surface area (Å²) in [5, 5.41) is 14.4. The van der Waals surface area contributed by atoms with E-state index in [-0.39, 0.29) is 6.61 Å². The lowest BCUT2D eigenvalue weighted by atomic mass is 10.1. The van der Waals surface area contributed by atoms with E-state index in [9.17, 15) is 5.11 Å². The zero-order chi connectivity index (χ0) is 18.2. The van der Waals surface area contributed by atoms with Crippen molar-refractivity contribution in [1.29, 1.82) is 0 Å². The number of aliphatic hydroxyl groups is 1. The normalized spacial score (nSPS) is 12.2. The van der Waals surface area contributed by atoms with Gasteiger partial charge in [0.25, 0.3) is 0 Å². The number of ether oxygens (including phenoxy) is 1. The monoisotopic (exact) mass is 350 g/mol. The van der Waals surface area contributed by atoms with Crippen molar-refractivity contribution in [2.75, 3.05) is 19.7 Å². The molecule has 0 spiro atoms. The van der Waals surface area contributed by atoms with Crippen molar-refractivity contribution in [2.24, 2.45) is 0 Å². The fourth-order valence-electron chi connectivity index (χ4n) is 2.84. The van der Waals surface area contributed by atoms with E-state index in [0.29, 0.717) is 6.54 Å². The summed E-state index contributed by atoms with van der Waals surface area (Å²) >= 11 is 0. The van der Waals surface area contributed by atoms with Crippen molar-refractivity contribution in [3.63, 3.8) is 0 Å². The quantitative estimate of drug-likeness (QED) is 0.572. The van der Waals surface area contributed by atoms with Crippen molar-refractivity contribution in [1.82, 2.24) is 10.3 Å². The lowest BCUT2D eigenvalue weighted by Crippen LogP contribution is -2.32. The molecule has 0 aliphatic carbocycles. The maximum absolute atomic E-state index is 10.2. The van der Waals surface area contributed by atoms with Gasteiger partial charge < -0.3 is 15.2 Å². The van der Waals surface area contributed by atoms with Gasteiger partial charge in [-0.1, -0.05) is 55.8 Å². The van der Waals surface area contributed by atoms with Gasteiger partial charge in [-0.15, -0.1) is 0 Å². The Balaban J connectivity index is 1.76. The lowest BCUT2D eigenvalue weighted by Gasteiger charge is -2.15. The number of nitrogens with one attached hydrogen (secondary N) is 1. The van der Waals surface area contributed by atoms with Crippen molar-refractivity contribution in [3.05, 3.63) is 60.7 Å². The number of aliphatic hydroxyl groups excluding tert-OH is 1. The van der Waals surface area contributed by atoms with Crippen LogP contribution in [0.25, 0.3) is 22.2 Å². The van der Waals surface area contributed by atoms with Crippen LogP contribution in [0.5, 0.6) is 5.75 Å². The van der Waals surface area contributed by atoms with Crippen molar-refractivity contribution in [2.45, 2.75) is 25.9 Å². The number of benzene rings is 2. The third kappa shape index (κ3) is 4.81. The fourth-order valence-corrected chi connectivity index (χ4v) is 2.84. The molecule has 3 aromatic rings. The highest BCUT2D eigenvalue weighted by Gasteiger charge is 2.11. The molecule has 0 amide bonds. The van der Waals surface area contributed by atoms with E-state index in [1.165, 1.54) is 0 Å². The summed E-state index contributed by atoms with van der Waals surface area (Å²) in [5.41, 5.74) is 2.80. The minimum atomic E-state index is -0.543. The van der Waals surface area contributed by atoms with E-state index in [2.05, 4.69) is 12.2 Å². The SMILES string of the molecule is CCCCNC[C@H](O)COc1cc(-c2ccccc2)nc2ccccc12. The first kappa shape index (κ1) is 18.4. The second-order valence-corrected chi connectivity index (χ2v) is 6.41. The summed E-state index contributed by atoms with van der Waals surface area (Å²) in [5.74, 6) is 0.752. The molecule has 136 valence electrons. The predicted molar refractivity (Wildman–Crippen MR) is 106 cm³/mol. The van der Waals surface area contributed by atoms with Gasteiger partial charge in [0.15, 0.2) is 0 Å². The zero-order valence-corrected chi connectivity index (χ0v) is 15.2. The highest BCUT2D eigenvalue weighted by Crippen LogP contribution is 2.30. The molecular formula is C22H26N2O2. The molecule has 0 aliphatic heterocycles. The number of pyridine rings is 1. The molecule has 0 saturated carbocycles. The highest BCUT2D eigenvalue weighted by atomic mass is 16.5. The van der Waals surface area contributed by atoms with Crippen molar-refractivity contribution < 1.29 is 9.84 Å². The lowest BCUT2D eigenvalue weighted by molar-refractivity contribution is 0.107. The minimum absolute atomic E-state index is 0.251.